The zero-order valence-corrected chi connectivity index (χ0v) is 24.4. The number of pyridine rings is 3. The van der Waals surface area contributed by atoms with Crippen LogP contribution in [-0.2, 0) is 11.2 Å². The minimum Gasteiger partial charge on any atom is -0.399 e. The standard InChI is InChI=1S/C16H10ClN3O.C9H4ClN3O.C6H6ClN/c17-11-1-3-12(4-2-11)20-16-13-5-6-19-9-10(13)7-15(21)14(16)8-18;10-8-5-1-2-12-4-7(5)13-9(14)6(8)3-11;7-5-1-3-6(8)4-2-5/h1-6,9,20H,7H2;1-2,4H,(H,13,14);1-4H,8H2. The number of allylic oxidation sites excluding steroid dienone is 1. The fraction of sp³-hybridized carbons (Fsp3) is 0.0323. The van der Waals surface area contributed by atoms with E-state index < -0.39 is 5.56 Å². The molecule has 0 radical (unpaired) electrons. The van der Waals surface area contributed by atoms with Gasteiger partial charge in [-0.05, 0) is 66.2 Å². The number of nitrogens with one attached hydrogen (secondary N) is 2. The predicted molar refractivity (Wildman–Crippen MR) is 169 cm³/mol. The van der Waals surface area contributed by atoms with Crippen LogP contribution in [0.25, 0.3) is 16.6 Å². The minimum atomic E-state index is -0.488. The second-order valence-electron chi connectivity index (χ2n) is 8.85. The number of fused-ring (bicyclic) bond motifs is 2. The molecule has 12 heteroatoms. The number of carbonyl (C=O) groups excluding carboxylic acids is 1. The summed E-state index contributed by atoms with van der Waals surface area (Å²) in [6.45, 7) is 0. The molecule has 2 aromatic carbocycles. The summed E-state index contributed by atoms with van der Waals surface area (Å²) in [4.78, 5) is 33.8. The van der Waals surface area contributed by atoms with Crippen LogP contribution < -0.4 is 16.6 Å². The number of rotatable bonds is 2. The number of aromatic nitrogens is 3. The van der Waals surface area contributed by atoms with E-state index in [1.165, 1.54) is 6.20 Å². The van der Waals surface area contributed by atoms with Gasteiger partial charge in [0.1, 0.15) is 23.3 Å². The van der Waals surface area contributed by atoms with Crippen molar-refractivity contribution in [3.05, 3.63) is 133 Å². The lowest BCUT2D eigenvalue weighted by atomic mass is 9.90. The molecule has 0 saturated carbocycles. The monoisotopic (exact) mass is 627 g/mol. The van der Waals surface area contributed by atoms with Crippen LogP contribution in [0.3, 0.4) is 0 Å². The Kier molecular flexibility index (Phi) is 10.1. The highest BCUT2D eigenvalue weighted by atomic mass is 35.5. The molecule has 9 nitrogen and oxygen atoms in total. The van der Waals surface area contributed by atoms with Crippen LogP contribution in [0.1, 0.15) is 16.7 Å². The smallest absolute Gasteiger partial charge is 0.267 e. The molecule has 0 unspecified atom stereocenters. The highest BCUT2D eigenvalue weighted by Gasteiger charge is 2.25. The number of nitrogen functional groups attached to an aromatic ring is 1. The van der Waals surface area contributed by atoms with Gasteiger partial charge in [-0.2, -0.15) is 10.5 Å². The number of hydrogen-bond donors (Lipinski definition) is 3. The van der Waals surface area contributed by atoms with E-state index in [0.717, 1.165) is 27.5 Å². The van der Waals surface area contributed by atoms with E-state index in [1.807, 2.05) is 6.07 Å². The molecular weight excluding hydrogens is 609 g/mol. The SMILES string of the molecule is N#CC1=C(Nc2ccc(Cl)cc2)c2ccncc2CC1=O.N#Cc1c(Cl)c2ccncc2[nH]c1=O.Nc1ccc(Cl)cc1. The predicted octanol–water partition coefficient (Wildman–Crippen LogP) is 6.58. The maximum absolute atomic E-state index is 12.1. The van der Waals surface area contributed by atoms with Crippen LogP contribution in [-0.4, -0.2) is 20.7 Å². The Morgan fingerprint density at radius 3 is 2.09 bits per heavy atom. The molecule has 4 N–H and O–H groups in total. The molecule has 43 heavy (non-hydrogen) atoms. The fourth-order valence-electron chi connectivity index (χ4n) is 3.94. The molecule has 0 spiro atoms. The van der Waals surface area contributed by atoms with Crippen LogP contribution >= 0.6 is 34.8 Å². The number of nitriles is 2. The Hall–Kier alpha value is -5.19. The van der Waals surface area contributed by atoms with Gasteiger partial charge in [-0.1, -0.05) is 34.8 Å². The first-order chi connectivity index (χ1) is 20.7. The number of H-pyrrole nitrogens is 1. The number of halogens is 3. The Bertz CT molecular complexity index is 1950. The Labute approximate surface area is 260 Å². The second-order valence-corrected chi connectivity index (χ2v) is 10.1. The van der Waals surface area contributed by atoms with E-state index in [2.05, 4.69) is 20.3 Å². The van der Waals surface area contributed by atoms with Crippen LogP contribution in [0.4, 0.5) is 11.4 Å². The van der Waals surface area contributed by atoms with E-state index in [9.17, 15) is 14.9 Å². The molecule has 0 bridgehead atoms. The molecule has 1 aliphatic rings. The number of hydrogen-bond acceptors (Lipinski definition) is 8. The van der Waals surface area contributed by atoms with Gasteiger partial charge < -0.3 is 16.0 Å². The van der Waals surface area contributed by atoms with Crippen molar-refractivity contribution in [2.75, 3.05) is 11.1 Å². The lowest BCUT2D eigenvalue weighted by Gasteiger charge is -2.20. The Balaban J connectivity index is 0.000000165. The van der Waals surface area contributed by atoms with Crippen molar-refractivity contribution >= 4 is 68.6 Å². The number of aromatic amines is 1. The van der Waals surface area contributed by atoms with Gasteiger partial charge in [0, 0.05) is 57.4 Å². The molecular formula is C31H20Cl3N7O2. The van der Waals surface area contributed by atoms with E-state index in [4.69, 9.17) is 45.8 Å². The maximum atomic E-state index is 12.1. The number of benzene rings is 2. The third kappa shape index (κ3) is 7.56. The van der Waals surface area contributed by atoms with Gasteiger partial charge in [0.2, 0.25) is 0 Å². The van der Waals surface area contributed by atoms with Crippen molar-refractivity contribution < 1.29 is 4.79 Å². The molecule has 1 aliphatic carbocycles. The van der Waals surface area contributed by atoms with Gasteiger partial charge in [-0.15, -0.1) is 0 Å². The first-order valence-electron chi connectivity index (χ1n) is 12.4. The molecule has 0 amide bonds. The van der Waals surface area contributed by atoms with Crippen molar-refractivity contribution in [1.29, 1.82) is 10.5 Å². The molecule has 6 rings (SSSR count). The van der Waals surface area contributed by atoms with Gasteiger partial charge in [-0.25, -0.2) is 0 Å². The number of Topliss-reactive ketones (excluding diaryl/α,β-unsaturated/α-hetero) is 1. The zero-order chi connectivity index (χ0) is 30.9. The molecule has 3 heterocycles. The summed E-state index contributed by atoms with van der Waals surface area (Å²) in [6, 6.07) is 21.3. The molecule has 212 valence electrons. The quantitative estimate of drug-likeness (QED) is 0.185. The highest BCUT2D eigenvalue weighted by molar-refractivity contribution is 6.36. The highest BCUT2D eigenvalue weighted by Crippen LogP contribution is 2.30. The average Bonchev–Trinajstić information content (AvgIpc) is 3.01. The van der Waals surface area contributed by atoms with Crippen molar-refractivity contribution in [3.63, 3.8) is 0 Å². The maximum Gasteiger partial charge on any atom is 0.267 e. The van der Waals surface area contributed by atoms with Crippen LogP contribution in [0.2, 0.25) is 15.1 Å². The van der Waals surface area contributed by atoms with Gasteiger partial charge in [0.15, 0.2) is 5.78 Å². The van der Waals surface area contributed by atoms with Crippen molar-refractivity contribution in [2.45, 2.75) is 6.42 Å². The third-order valence-electron chi connectivity index (χ3n) is 6.01. The van der Waals surface area contributed by atoms with Gasteiger partial charge in [0.25, 0.3) is 5.56 Å². The molecule has 0 aliphatic heterocycles. The molecule has 3 aromatic heterocycles. The summed E-state index contributed by atoms with van der Waals surface area (Å²) in [7, 11) is 0. The van der Waals surface area contributed by atoms with E-state index in [1.54, 1.807) is 85.3 Å². The Morgan fingerprint density at radius 1 is 0.837 bits per heavy atom. The largest absolute Gasteiger partial charge is 0.399 e. The Morgan fingerprint density at radius 2 is 1.47 bits per heavy atom. The van der Waals surface area contributed by atoms with Gasteiger partial charge in [0.05, 0.1) is 22.4 Å². The minimum absolute atomic E-state index is 0.0645. The zero-order valence-electron chi connectivity index (χ0n) is 22.1. The second kappa shape index (κ2) is 14.1. The lowest BCUT2D eigenvalue weighted by molar-refractivity contribution is -0.114. The van der Waals surface area contributed by atoms with E-state index in [-0.39, 0.29) is 28.4 Å². The number of nitrogens with two attached hydrogens (primary N) is 1. The number of nitrogens with zero attached hydrogens (tertiary/aromatic N) is 4. The number of carbonyl (C=O) groups is 1. The topological polar surface area (TPSA) is 161 Å². The van der Waals surface area contributed by atoms with Crippen molar-refractivity contribution in [1.82, 2.24) is 15.0 Å². The third-order valence-corrected chi connectivity index (χ3v) is 6.91. The summed E-state index contributed by atoms with van der Waals surface area (Å²) in [5.41, 5.74) is 9.16. The molecule has 0 fully saturated rings. The summed E-state index contributed by atoms with van der Waals surface area (Å²) < 4.78 is 0. The van der Waals surface area contributed by atoms with Crippen molar-refractivity contribution in [2.24, 2.45) is 0 Å². The van der Waals surface area contributed by atoms with Crippen molar-refractivity contribution in [3.8, 4) is 12.1 Å². The average molecular weight is 629 g/mol. The summed E-state index contributed by atoms with van der Waals surface area (Å²) >= 11 is 17.3. The van der Waals surface area contributed by atoms with Gasteiger partial charge >= 0.3 is 0 Å². The molecule has 0 saturated heterocycles. The molecule has 5 aromatic rings. The van der Waals surface area contributed by atoms with Crippen LogP contribution in [0.5, 0.6) is 0 Å². The number of ketones is 1. The summed E-state index contributed by atoms with van der Waals surface area (Å²) in [5, 5.41) is 23.3. The lowest BCUT2D eigenvalue weighted by Crippen LogP contribution is -2.19. The summed E-state index contributed by atoms with van der Waals surface area (Å²) in [6.07, 6.45) is 6.55. The van der Waals surface area contributed by atoms with Crippen LogP contribution in [0.15, 0.2) is 95.8 Å². The van der Waals surface area contributed by atoms with Gasteiger partial charge in [-0.3, -0.25) is 19.6 Å². The van der Waals surface area contributed by atoms with Crippen LogP contribution in [0, 0.1) is 22.7 Å². The first-order valence-corrected chi connectivity index (χ1v) is 13.5. The van der Waals surface area contributed by atoms with E-state index >= 15 is 0 Å². The normalized spacial score (nSPS) is 11.6. The van der Waals surface area contributed by atoms with E-state index in [0.29, 0.717) is 21.6 Å². The number of anilines is 2. The fourth-order valence-corrected chi connectivity index (χ4v) is 4.49. The molecule has 0 atom stereocenters. The summed E-state index contributed by atoms with van der Waals surface area (Å²) in [5.74, 6) is -0.200. The first kappa shape index (κ1) is 30.8.